The Balaban J connectivity index is 2.06. The molecule has 0 aromatic carbocycles. The van der Waals surface area contributed by atoms with Gasteiger partial charge >= 0.3 is 0 Å². The molecule has 0 saturated carbocycles. The summed E-state index contributed by atoms with van der Waals surface area (Å²) < 4.78 is 0. The summed E-state index contributed by atoms with van der Waals surface area (Å²) in [6.07, 6.45) is 12.6. The van der Waals surface area contributed by atoms with E-state index < -0.39 is 5.60 Å². The maximum absolute atomic E-state index is 10.6. The maximum Gasteiger partial charge on any atom is 0.123 e. The first-order chi connectivity index (χ1) is 7.61. The van der Waals surface area contributed by atoms with Crippen molar-refractivity contribution >= 4 is 6.29 Å². The Labute approximate surface area is 96.4 Å². The average Bonchev–Trinajstić information content (AvgIpc) is 2.29. The maximum atomic E-state index is 10.6. The summed E-state index contributed by atoms with van der Waals surface area (Å²) in [5.74, 6) is 0.208. The van der Waals surface area contributed by atoms with Crippen molar-refractivity contribution in [3.05, 3.63) is 35.5 Å². The second kappa shape index (κ2) is 4.38. The Hall–Kier alpha value is -1.15. The number of aldehydes is 1. The Bertz CT molecular complexity index is 372. The molecule has 1 N–H and O–H groups in total. The van der Waals surface area contributed by atoms with Crippen LogP contribution in [0.5, 0.6) is 0 Å². The van der Waals surface area contributed by atoms with Gasteiger partial charge in [-0.25, -0.2) is 0 Å². The fraction of sp³-hybridized carbons (Fsp3) is 0.500. The molecule has 0 radical (unpaired) electrons. The van der Waals surface area contributed by atoms with Crippen LogP contribution in [-0.4, -0.2) is 17.0 Å². The highest BCUT2D eigenvalue weighted by Gasteiger charge is 2.21. The SMILES string of the molecule is CC1(O)C=CC(C2=CCC(C=O)CC2)=CC1. The first-order valence-electron chi connectivity index (χ1n) is 5.87. The van der Waals surface area contributed by atoms with Gasteiger partial charge in [-0.1, -0.05) is 24.3 Å². The highest BCUT2D eigenvalue weighted by Crippen LogP contribution is 2.31. The van der Waals surface area contributed by atoms with Gasteiger partial charge in [0.25, 0.3) is 0 Å². The van der Waals surface area contributed by atoms with Crippen molar-refractivity contribution < 1.29 is 9.90 Å². The van der Waals surface area contributed by atoms with Crippen LogP contribution < -0.4 is 0 Å². The molecule has 0 amide bonds. The van der Waals surface area contributed by atoms with Crippen LogP contribution in [-0.2, 0) is 4.79 Å². The number of carbonyl (C=O) groups excluding carboxylic acids is 1. The van der Waals surface area contributed by atoms with Gasteiger partial charge in [0.2, 0.25) is 0 Å². The van der Waals surface area contributed by atoms with Crippen LogP contribution in [0.2, 0.25) is 0 Å². The molecule has 0 aromatic rings. The van der Waals surface area contributed by atoms with Gasteiger partial charge in [-0.15, -0.1) is 0 Å². The zero-order chi connectivity index (χ0) is 11.6. The minimum absolute atomic E-state index is 0.208. The summed E-state index contributed by atoms with van der Waals surface area (Å²) in [7, 11) is 0. The minimum Gasteiger partial charge on any atom is -0.386 e. The molecular weight excluding hydrogens is 200 g/mol. The average molecular weight is 218 g/mol. The molecule has 0 saturated heterocycles. The second-order valence-corrected chi connectivity index (χ2v) is 4.95. The fourth-order valence-corrected chi connectivity index (χ4v) is 2.20. The van der Waals surface area contributed by atoms with Crippen molar-refractivity contribution in [1.29, 1.82) is 0 Å². The standard InChI is InChI=1S/C14H18O2/c1-14(16)8-6-13(7-9-14)12-4-2-11(10-15)3-5-12/h4,6-8,10-11,16H,2-3,5,9H2,1H3. The molecule has 2 aliphatic rings. The quantitative estimate of drug-likeness (QED) is 0.723. The molecule has 2 atom stereocenters. The lowest BCUT2D eigenvalue weighted by molar-refractivity contribution is -0.111. The molecule has 2 unspecified atom stereocenters. The molecular formula is C14H18O2. The van der Waals surface area contributed by atoms with Crippen molar-refractivity contribution in [2.24, 2.45) is 5.92 Å². The van der Waals surface area contributed by atoms with E-state index in [1.807, 2.05) is 19.1 Å². The normalized spacial score (nSPS) is 34.2. The van der Waals surface area contributed by atoms with E-state index in [0.717, 1.165) is 25.5 Å². The van der Waals surface area contributed by atoms with Crippen molar-refractivity contribution in [1.82, 2.24) is 0 Å². The van der Waals surface area contributed by atoms with Crippen LogP contribution in [0.4, 0.5) is 0 Å². The van der Waals surface area contributed by atoms with Crippen molar-refractivity contribution in [3.8, 4) is 0 Å². The third-order valence-corrected chi connectivity index (χ3v) is 3.37. The lowest BCUT2D eigenvalue weighted by atomic mass is 9.84. The largest absolute Gasteiger partial charge is 0.386 e. The second-order valence-electron chi connectivity index (χ2n) is 4.95. The fourth-order valence-electron chi connectivity index (χ4n) is 2.20. The summed E-state index contributed by atoms with van der Waals surface area (Å²) in [5.41, 5.74) is 1.85. The van der Waals surface area contributed by atoms with E-state index in [-0.39, 0.29) is 5.92 Å². The predicted molar refractivity (Wildman–Crippen MR) is 64.0 cm³/mol. The van der Waals surface area contributed by atoms with E-state index >= 15 is 0 Å². The van der Waals surface area contributed by atoms with Crippen LogP contribution in [0, 0.1) is 5.92 Å². The van der Waals surface area contributed by atoms with E-state index in [0.29, 0.717) is 6.42 Å². The summed E-state index contributed by atoms with van der Waals surface area (Å²) >= 11 is 0. The van der Waals surface area contributed by atoms with Crippen molar-refractivity contribution in [2.75, 3.05) is 0 Å². The number of aliphatic hydroxyl groups is 1. The molecule has 0 bridgehead atoms. The zero-order valence-electron chi connectivity index (χ0n) is 9.65. The number of carbonyl (C=O) groups is 1. The van der Waals surface area contributed by atoms with Gasteiger partial charge in [-0.05, 0) is 43.8 Å². The highest BCUT2D eigenvalue weighted by molar-refractivity contribution is 5.55. The first kappa shape index (κ1) is 11.3. The smallest absolute Gasteiger partial charge is 0.123 e. The van der Waals surface area contributed by atoms with E-state index in [4.69, 9.17) is 0 Å². The van der Waals surface area contributed by atoms with E-state index in [2.05, 4.69) is 12.2 Å². The van der Waals surface area contributed by atoms with Gasteiger partial charge in [0.15, 0.2) is 0 Å². The third kappa shape index (κ3) is 2.50. The summed E-state index contributed by atoms with van der Waals surface area (Å²) in [6.45, 7) is 1.81. The van der Waals surface area contributed by atoms with Gasteiger partial charge in [0, 0.05) is 5.92 Å². The lowest BCUT2D eigenvalue weighted by Crippen LogP contribution is -2.22. The first-order valence-corrected chi connectivity index (χ1v) is 5.87. The van der Waals surface area contributed by atoms with E-state index in [1.54, 1.807) is 0 Å². The van der Waals surface area contributed by atoms with Crippen LogP contribution in [0.15, 0.2) is 35.5 Å². The molecule has 0 aliphatic heterocycles. The highest BCUT2D eigenvalue weighted by atomic mass is 16.3. The third-order valence-electron chi connectivity index (χ3n) is 3.37. The van der Waals surface area contributed by atoms with Crippen LogP contribution >= 0.6 is 0 Å². The topological polar surface area (TPSA) is 37.3 Å². The number of hydrogen-bond donors (Lipinski definition) is 1. The predicted octanol–water partition coefficient (Wildman–Crippen LogP) is 2.55. The molecule has 2 heteroatoms. The van der Waals surface area contributed by atoms with E-state index in [9.17, 15) is 9.90 Å². The Morgan fingerprint density at radius 1 is 1.50 bits per heavy atom. The molecule has 2 rings (SSSR count). The van der Waals surface area contributed by atoms with Gasteiger partial charge in [-0.3, -0.25) is 0 Å². The number of rotatable bonds is 2. The molecule has 2 aliphatic carbocycles. The van der Waals surface area contributed by atoms with Gasteiger partial charge in [-0.2, -0.15) is 0 Å². The van der Waals surface area contributed by atoms with Crippen molar-refractivity contribution in [2.45, 2.75) is 38.2 Å². The molecule has 16 heavy (non-hydrogen) atoms. The van der Waals surface area contributed by atoms with Crippen LogP contribution in [0.1, 0.15) is 32.6 Å². The van der Waals surface area contributed by atoms with Crippen LogP contribution in [0.3, 0.4) is 0 Å². The summed E-state index contributed by atoms with van der Waals surface area (Å²) in [5, 5.41) is 9.77. The van der Waals surface area contributed by atoms with Gasteiger partial charge < -0.3 is 9.90 Å². The van der Waals surface area contributed by atoms with Crippen molar-refractivity contribution in [3.63, 3.8) is 0 Å². The molecule has 86 valence electrons. The van der Waals surface area contributed by atoms with E-state index in [1.165, 1.54) is 11.1 Å². The summed E-state index contributed by atoms with van der Waals surface area (Å²) in [4.78, 5) is 10.6. The molecule has 0 fully saturated rings. The molecule has 0 spiro atoms. The van der Waals surface area contributed by atoms with Gasteiger partial charge in [0.05, 0.1) is 5.60 Å². The Kier molecular flexibility index (Phi) is 3.10. The number of allylic oxidation sites excluding steroid dienone is 4. The molecule has 0 heterocycles. The Morgan fingerprint density at radius 2 is 2.31 bits per heavy atom. The summed E-state index contributed by atoms with van der Waals surface area (Å²) in [6, 6.07) is 0. The zero-order valence-corrected chi connectivity index (χ0v) is 9.65. The number of hydrogen-bond acceptors (Lipinski definition) is 2. The minimum atomic E-state index is -0.690. The van der Waals surface area contributed by atoms with Gasteiger partial charge in [0.1, 0.15) is 6.29 Å². The molecule has 0 aromatic heterocycles. The molecule has 2 nitrogen and oxygen atoms in total. The monoisotopic (exact) mass is 218 g/mol. The Morgan fingerprint density at radius 3 is 2.81 bits per heavy atom. The lowest BCUT2D eigenvalue weighted by Gasteiger charge is -2.24. The van der Waals surface area contributed by atoms with Crippen LogP contribution in [0.25, 0.3) is 0 Å².